The van der Waals surface area contributed by atoms with Gasteiger partial charge in [0, 0.05) is 35.4 Å². The number of carbonyl (C=O) groups excluding carboxylic acids is 2. The maximum absolute atomic E-state index is 13.2. The molecule has 0 radical (unpaired) electrons. The average molecular weight is 605 g/mol. The number of rotatable bonds is 11. The van der Waals surface area contributed by atoms with Gasteiger partial charge >= 0.3 is 0 Å². The molecule has 3 heterocycles. The Kier molecular flexibility index (Phi) is 9.36. The van der Waals surface area contributed by atoms with Crippen molar-refractivity contribution in [1.29, 1.82) is 0 Å². The second-order valence-electron chi connectivity index (χ2n) is 9.73. The van der Waals surface area contributed by atoms with Crippen LogP contribution in [0.2, 0.25) is 5.02 Å². The van der Waals surface area contributed by atoms with Gasteiger partial charge < -0.3 is 9.80 Å². The van der Waals surface area contributed by atoms with Gasteiger partial charge in [0.05, 0.1) is 12.3 Å². The predicted octanol–water partition coefficient (Wildman–Crippen LogP) is 2.53. The Bertz CT molecular complexity index is 1400. The number of carbonyl (C=O) groups is 2. The summed E-state index contributed by atoms with van der Waals surface area (Å²) in [5, 5.41) is 1.21. The van der Waals surface area contributed by atoms with E-state index in [1.807, 2.05) is 6.92 Å². The topological polar surface area (TPSA) is 133 Å². The van der Waals surface area contributed by atoms with Gasteiger partial charge in [-0.3, -0.25) is 9.59 Å². The number of hydrogen-bond donors (Lipinski definition) is 2. The van der Waals surface area contributed by atoms with Crippen molar-refractivity contribution >= 4 is 64.9 Å². The van der Waals surface area contributed by atoms with Gasteiger partial charge in [-0.25, -0.2) is 21.6 Å². The third kappa shape index (κ3) is 7.05. The molecule has 38 heavy (non-hydrogen) atoms. The zero-order valence-electron chi connectivity index (χ0n) is 21.2. The minimum absolute atomic E-state index is 0.0546. The van der Waals surface area contributed by atoms with E-state index in [0.29, 0.717) is 49.2 Å². The normalized spacial score (nSPS) is 20.9. The van der Waals surface area contributed by atoms with Gasteiger partial charge in [0.15, 0.2) is 0 Å². The predicted molar refractivity (Wildman–Crippen MR) is 148 cm³/mol. The monoisotopic (exact) mass is 604 g/mol. The molecular formula is C24H33ClN4O6S3. The second kappa shape index (κ2) is 12.2. The fourth-order valence-electron chi connectivity index (χ4n) is 4.83. The minimum atomic E-state index is -3.95. The summed E-state index contributed by atoms with van der Waals surface area (Å²) < 4.78 is 56.5. The number of likely N-dealkylation sites (tertiary alicyclic amines) is 2. The van der Waals surface area contributed by atoms with Crippen LogP contribution in [0.15, 0.2) is 28.5 Å². The quantitative estimate of drug-likeness (QED) is 0.405. The van der Waals surface area contributed by atoms with E-state index < -0.39 is 32.0 Å². The molecule has 2 aromatic rings. The minimum Gasteiger partial charge on any atom is -0.337 e. The lowest BCUT2D eigenvalue weighted by Crippen LogP contribution is -2.55. The second-order valence-corrected chi connectivity index (χ2v) is 15.1. The van der Waals surface area contributed by atoms with E-state index in [0.717, 1.165) is 28.9 Å². The zero-order valence-corrected chi connectivity index (χ0v) is 24.4. The van der Waals surface area contributed by atoms with E-state index in [1.165, 1.54) is 11.0 Å². The third-order valence-corrected chi connectivity index (χ3v) is 11.6. The van der Waals surface area contributed by atoms with E-state index in [-0.39, 0.29) is 35.0 Å². The van der Waals surface area contributed by atoms with Crippen LogP contribution in [-0.4, -0.2) is 82.5 Å². The molecule has 0 spiro atoms. The number of halogens is 1. The van der Waals surface area contributed by atoms with Crippen LogP contribution in [0.5, 0.6) is 0 Å². The van der Waals surface area contributed by atoms with Crippen LogP contribution in [0.3, 0.4) is 0 Å². The van der Waals surface area contributed by atoms with Crippen molar-refractivity contribution in [3.63, 3.8) is 0 Å². The first-order chi connectivity index (χ1) is 18.0. The Hall–Kier alpha value is -1.77. The lowest BCUT2D eigenvalue weighted by Gasteiger charge is -2.34. The highest BCUT2D eigenvalue weighted by Gasteiger charge is 2.36. The van der Waals surface area contributed by atoms with Gasteiger partial charge in [-0.15, -0.1) is 11.3 Å². The molecule has 1 unspecified atom stereocenters. The summed E-state index contributed by atoms with van der Waals surface area (Å²) in [6, 6.07) is 5.43. The lowest BCUT2D eigenvalue weighted by atomic mass is 10.1. The molecule has 2 fully saturated rings. The lowest BCUT2D eigenvalue weighted by molar-refractivity contribution is -0.143. The van der Waals surface area contributed by atoms with Gasteiger partial charge in [-0.1, -0.05) is 24.9 Å². The fourth-order valence-corrected chi connectivity index (χ4v) is 8.89. The third-order valence-electron chi connectivity index (χ3n) is 6.88. The number of amides is 2. The molecule has 2 saturated heterocycles. The molecule has 210 valence electrons. The number of nitrogens with one attached hydrogen (secondary N) is 2. The number of thiophene rings is 1. The standard InChI is InChI=1S/C24H33ClN4O6S3/c1-2-3-12-37(32,33)26-15-19-6-4-11-29(19)22(30)16-28-10-5-7-20(24(28)31)27-38(34,35)23-14-17-13-18(25)8-9-21(17)36-23/h8-9,13-14,19-20,26-27H,2-7,10-12,15-16H2,1H3/t19-,20?/m0/s1. The maximum Gasteiger partial charge on any atom is 0.250 e. The van der Waals surface area contributed by atoms with E-state index in [2.05, 4.69) is 9.44 Å². The fraction of sp³-hybridized carbons (Fsp3) is 0.583. The highest BCUT2D eigenvalue weighted by atomic mass is 35.5. The van der Waals surface area contributed by atoms with Crippen LogP contribution >= 0.6 is 22.9 Å². The average Bonchev–Trinajstić information content (AvgIpc) is 3.51. The molecule has 1 aromatic heterocycles. The molecule has 1 aromatic carbocycles. The van der Waals surface area contributed by atoms with E-state index in [9.17, 15) is 26.4 Å². The summed E-state index contributed by atoms with van der Waals surface area (Å²) in [6.07, 6.45) is 3.67. The maximum atomic E-state index is 13.2. The van der Waals surface area contributed by atoms with Crippen molar-refractivity contribution in [2.75, 3.05) is 31.9 Å². The molecule has 0 aliphatic carbocycles. The van der Waals surface area contributed by atoms with Crippen LogP contribution in [0.4, 0.5) is 0 Å². The van der Waals surface area contributed by atoms with Crippen LogP contribution in [0.1, 0.15) is 45.4 Å². The molecular weight excluding hydrogens is 572 g/mol. The summed E-state index contributed by atoms with van der Waals surface area (Å²) in [7, 11) is -7.35. The Morgan fingerprint density at radius 3 is 2.66 bits per heavy atom. The van der Waals surface area contributed by atoms with Gasteiger partial charge in [-0.2, -0.15) is 4.72 Å². The van der Waals surface area contributed by atoms with E-state index >= 15 is 0 Å². The van der Waals surface area contributed by atoms with Crippen molar-refractivity contribution in [2.24, 2.45) is 0 Å². The Labute approximate surface area is 232 Å². The summed E-state index contributed by atoms with van der Waals surface area (Å²) in [4.78, 5) is 29.3. The molecule has 0 saturated carbocycles. The Morgan fingerprint density at radius 1 is 1.13 bits per heavy atom. The van der Waals surface area contributed by atoms with Crippen molar-refractivity contribution < 1.29 is 26.4 Å². The van der Waals surface area contributed by atoms with Crippen molar-refractivity contribution in [3.05, 3.63) is 29.3 Å². The largest absolute Gasteiger partial charge is 0.337 e. The van der Waals surface area contributed by atoms with Gasteiger partial charge in [0.25, 0.3) is 10.0 Å². The molecule has 2 amide bonds. The van der Waals surface area contributed by atoms with Gasteiger partial charge in [0.1, 0.15) is 10.3 Å². The summed E-state index contributed by atoms with van der Waals surface area (Å²) >= 11 is 7.11. The molecule has 2 aliphatic heterocycles. The molecule has 4 rings (SSSR count). The van der Waals surface area contributed by atoms with Crippen LogP contribution in [0, 0.1) is 0 Å². The number of benzene rings is 1. The first-order valence-corrected chi connectivity index (χ1v) is 17.1. The van der Waals surface area contributed by atoms with Gasteiger partial charge in [-0.05, 0) is 61.8 Å². The van der Waals surface area contributed by atoms with Gasteiger partial charge in [0.2, 0.25) is 21.8 Å². The summed E-state index contributed by atoms with van der Waals surface area (Å²) in [5.41, 5.74) is 0. The molecule has 10 nitrogen and oxygen atoms in total. The first kappa shape index (κ1) is 29.2. The van der Waals surface area contributed by atoms with E-state index in [4.69, 9.17) is 11.6 Å². The smallest absolute Gasteiger partial charge is 0.250 e. The molecule has 14 heteroatoms. The number of sulfonamides is 2. The van der Waals surface area contributed by atoms with Crippen LogP contribution < -0.4 is 9.44 Å². The first-order valence-electron chi connectivity index (χ1n) is 12.8. The van der Waals surface area contributed by atoms with Crippen molar-refractivity contribution in [2.45, 2.75) is 61.7 Å². The zero-order chi connectivity index (χ0) is 27.5. The van der Waals surface area contributed by atoms with Crippen LogP contribution in [-0.2, 0) is 29.6 Å². The number of fused-ring (bicyclic) bond motifs is 1. The highest BCUT2D eigenvalue weighted by molar-refractivity contribution is 7.91. The Balaban J connectivity index is 1.37. The molecule has 2 N–H and O–H groups in total. The van der Waals surface area contributed by atoms with Crippen molar-refractivity contribution in [3.8, 4) is 0 Å². The molecule has 2 atom stereocenters. The molecule has 2 aliphatic rings. The van der Waals surface area contributed by atoms with E-state index in [1.54, 1.807) is 23.1 Å². The summed E-state index contributed by atoms with van der Waals surface area (Å²) in [6.45, 7) is 2.75. The number of piperidine rings is 1. The van der Waals surface area contributed by atoms with Crippen molar-refractivity contribution in [1.82, 2.24) is 19.2 Å². The highest BCUT2D eigenvalue weighted by Crippen LogP contribution is 2.31. The Morgan fingerprint density at radius 2 is 1.89 bits per heavy atom. The number of nitrogens with zero attached hydrogens (tertiary/aromatic N) is 2. The number of hydrogen-bond acceptors (Lipinski definition) is 7. The number of unbranched alkanes of at least 4 members (excludes halogenated alkanes) is 1. The molecule has 0 bridgehead atoms. The SMILES string of the molecule is CCCCS(=O)(=O)NC[C@@H]1CCCN1C(=O)CN1CCCC(NS(=O)(=O)c2cc3cc(Cl)ccc3s2)C1=O. The summed E-state index contributed by atoms with van der Waals surface area (Å²) in [5.74, 6) is -0.647. The van der Waals surface area contributed by atoms with Crippen LogP contribution in [0.25, 0.3) is 10.1 Å².